The third kappa shape index (κ3) is 5.66. The Balaban J connectivity index is 1.91. The smallest absolute Gasteiger partial charge is 0.248 e. The normalized spacial score (nSPS) is 18.3. The SMILES string of the molecule is CCN1CCCCN(Cc2ccc(C#N)cc2)CCOCC1=O. The Morgan fingerprint density at radius 1 is 1.17 bits per heavy atom. The minimum absolute atomic E-state index is 0.0908. The lowest BCUT2D eigenvalue weighted by atomic mass is 10.1. The van der Waals surface area contributed by atoms with Crippen molar-refractivity contribution >= 4 is 5.91 Å². The van der Waals surface area contributed by atoms with Gasteiger partial charge in [-0.05, 0) is 44.0 Å². The van der Waals surface area contributed by atoms with Crippen LogP contribution in [0.2, 0.25) is 0 Å². The van der Waals surface area contributed by atoms with Crippen molar-refractivity contribution in [1.29, 1.82) is 5.26 Å². The number of amides is 1. The number of likely N-dealkylation sites (N-methyl/N-ethyl adjacent to an activating group) is 1. The second-order valence-electron chi connectivity index (χ2n) is 5.82. The van der Waals surface area contributed by atoms with E-state index in [9.17, 15) is 4.79 Å². The minimum atomic E-state index is 0.0908. The van der Waals surface area contributed by atoms with Crippen LogP contribution in [0, 0.1) is 11.3 Å². The molecule has 0 saturated carbocycles. The molecule has 5 heteroatoms. The largest absolute Gasteiger partial charge is 0.370 e. The van der Waals surface area contributed by atoms with E-state index in [-0.39, 0.29) is 12.5 Å². The molecule has 1 amide bonds. The van der Waals surface area contributed by atoms with Crippen molar-refractivity contribution in [2.45, 2.75) is 26.3 Å². The molecule has 1 heterocycles. The lowest BCUT2D eigenvalue weighted by Gasteiger charge is -2.22. The molecule has 1 fully saturated rings. The first-order chi connectivity index (χ1) is 11.2. The quantitative estimate of drug-likeness (QED) is 0.856. The molecular formula is C18H25N3O2. The Morgan fingerprint density at radius 2 is 1.91 bits per heavy atom. The van der Waals surface area contributed by atoms with Gasteiger partial charge < -0.3 is 9.64 Å². The summed E-state index contributed by atoms with van der Waals surface area (Å²) < 4.78 is 5.54. The van der Waals surface area contributed by atoms with Gasteiger partial charge in [0.25, 0.3) is 0 Å². The molecule has 0 bridgehead atoms. The van der Waals surface area contributed by atoms with Crippen LogP contribution in [-0.4, -0.2) is 55.1 Å². The molecule has 0 aliphatic carbocycles. The molecule has 1 saturated heterocycles. The summed E-state index contributed by atoms with van der Waals surface area (Å²) in [5, 5.41) is 8.86. The number of benzene rings is 1. The summed E-state index contributed by atoms with van der Waals surface area (Å²) in [6.07, 6.45) is 2.09. The summed E-state index contributed by atoms with van der Waals surface area (Å²) in [5.41, 5.74) is 1.89. The summed E-state index contributed by atoms with van der Waals surface area (Å²) in [4.78, 5) is 16.2. The van der Waals surface area contributed by atoms with Crippen molar-refractivity contribution in [3.63, 3.8) is 0 Å². The molecule has 0 radical (unpaired) electrons. The van der Waals surface area contributed by atoms with Gasteiger partial charge in [-0.1, -0.05) is 12.1 Å². The summed E-state index contributed by atoms with van der Waals surface area (Å²) in [6, 6.07) is 9.87. The lowest BCUT2D eigenvalue weighted by molar-refractivity contribution is -0.136. The van der Waals surface area contributed by atoms with Crippen LogP contribution in [0.4, 0.5) is 0 Å². The zero-order valence-corrected chi connectivity index (χ0v) is 13.8. The van der Waals surface area contributed by atoms with Crippen molar-refractivity contribution < 1.29 is 9.53 Å². The highest BCUT2D eigenvalue weighted by Crippen LogP contribution is 2.09. The maximum atomic E-state index is 12.0. The molecule has 2 rings (SSSR count). The zero-order valence-electron chi connectivity index (χ0n) is 13.8. The number of hydrogen-bond acceptors (Lipinski definition) is 4. The third-order valence-corrected chi connectivity index (χ3v) is 4.15. The predicted molar refractivity (Wildman–Crippen MR) is 88.7 cm³/mol. The minimum Gasteiger partial charge on any atom is -0.370 e. The number of carbonyl (C=O) groups excluding carboxylic acids is 1. The number of nitriles is 1. The fraction of sp³-hybridized carbons (Fsp3) is 0.556. The van der Waals surface area contributed by atoms with Gasteiger partial charge in [-0.25, -0.2) is 0 Å². The van der Waals surface area contributed by atoms with Gasteiger partial charge in [0.15, 0.2) is 0 Å². The number of carbonyl (C=O) groups is 1. The molecule has 0 aromatic heterocycles. The first-order valence-corrected chi connectivity index (χ1v) is 8.30. The van der Waals surface area contributed by atoms with Crippen LogP contribution < -0.4 is 0 Å². The van der Waals surface area contributed by atoms with Crippen LogP contribution >= 0.6 is 0 Å². The van der Waals surface area contributed by atoms with E-state index in [0.29, 0.717) is 12.2 Å². The van der Waals surface area contributed by atoms with Gasteiger partial charge in [-0.15, -0.1) is 0 Å². The molecule has 23 heavy (non-hydrogen) atoms. The van der Waals surface area contributed by atoms with Crippen molar-refractivity contribution in [2.24, 2.45) is 0 Å². The molecule has 1 aliphatic heterocycles. The number of nitrogens with zero attached hydrogens (tertiary/aromatic N) is 3. The van der Waals surface area contributed by atoms with Gasteiger partial charge >= 0.3 is 0 Å². The number of ether oxygens (including phenoxy) is 1. The van der Waals surface area contributed by atoms with E-state index >= 15 is 0 Å². The first kappa shape index (κ1) is 17.5. The Morgan fingerprint density at radius 3 is 2.61 bits per heavy atom. The van der Waals surface area contributed by atoms with E-state index in [1.54, 1.807) is 0 Å². The van der Waals surface area contributed by atoms with Gasteiger partial charge in [0.2, 0.25) is 5.91 Å². The van der Waals surface area contributed by atoms with E-state index < -0.39 is 0 Å². The maximum Gasteiger partial charge on any atom is 0.248 e. The second kappa shape index (κ2) is 9.29. The standard InChI is InChI=1S/C18H25N3O2/c1-2-21-10-4-3-9-20(11-12-23-15-18(21)22)14-17-7-5-16(13-19)6-8-17/h5-8H,2-4,9-12,14-15H2,1H3. The van der Waals surface area contributed by atoms with Gasteiger partial charge in [-0.2, -0.15) is 5.26 Å². The Kier molecular flexibility index (Phi) is 7.05. The monoisotopic (exact) mass is 315 g/mol. The Bertz CT molecular complexity index is 536. The fourth-order valence-electron chi connectivity index (χ4n) is 2.75. The number of rotatable bonds is 3. The predicted octanol–water partition coefficient (Wildman–Crippen LogP) is 2.02. The van der Waals surface area contributed by atoms with Gasteiger partial charge in [-0.3, -0.25) is 9.69 Å². The van der Waals surface area contributed by atoms with Crippen molar-refractivity contribution in [3.05, 3.63) is 35.4 Å². The summed E-state index contributed by atoms with van der Waals surface area (Å²) in [7, 11) is 0. The maximum absolute atomic E-state index is 12.0. The molecule has 0 atom stereocenters. The summed E-state index contributed by atoms with van der Waals surface area (Å²) in [6.45, 7) is 6.97. The zero-order chi connectivity index (χ0) is 16.5. The van der Waals surface area contributed by atoms with Crippen LogP contribution in [0.25, 0.3) is 0 Å². The van der Waals surface area contributed by atoms with Gasteiger partial charge in [0, 0.05) is 26.2 Å². The van der Waals surface area contributed by atoms with Crippen molar-refractivity contribution in [1.82, 2.24) is 9.80 Å². The van der Waals surface area contributed by atoms with Crippen LogP contribution in [-0.2, 0) is 16.1 Å². The molecule has 1 aromatic carbocycles. The highest BCUT2D eigenvalue weighted by molar-refractivity contribution is 5.77. The number of hydrogen-bond donors (Lipinski definition) is 0. The van der Waals surface area contributed by atoms with Crippen molar-refractivity contribution in [3.8, 4) is 6.07 Å². The van der Waals surface area contributed by atoms with E-state index in [1.807, 2.05) is 36.1 Å². The molecule has 1 aromatic rings. The topological polar surface area (TPSA) is 56.6 Å². The Hall–Kier alpha value is -1.90. The van der Waals surface area contributed by atoms with Crippen LogP contribution in [0.3, 0.4) is 0 Å². The first-order valence-electron chi connectivity index (χ1n) is 8.30. The molecule has 0 spiro atoms. The van der Waals surface area contributed by atoms with Gasteiger partial charge in [0.1, 0.15) is 6.61 Å². The highest BCUT2D eigenvalue weighted by atomic mass is 16.5. The van der Waals surface area contributed by atoms with E-state index in [2.05, 4.69) is 11.0 Å². The molecule has 0 N–H and O–H groups in total. The average Bonchev–Trinajstić information content (AvgIpc) is 2.61. The van der Waals surface area contributed by atoms with Gasteiger partial charge in [0.05, 0.1) is 18.2 Å². The molecule has 5 nitrogen and oxygen atoms in total. The van der Waals surface area contributed by atoms with Crippen LogP contribution in [0.15, 0.2) is 24.3 Å². The Labute approximate surface area is 138 Å². The summed E-state index contributed by atoms with van der Waals surface area (Å²) in [5.74, 6) is 0.0908. The third-order valence-electron chi connectivity index (χ3n) is 4.15. The molecule has 1 aliphatic rings. The second-order valence-corrected chi connectivity index (χ2v) is 5.82. The van der Waals surface area contributed by atoms with E-state index in [0.717, 1.165) is 45.6 Å². The van der Waals surface area contributed by atoms with E-state index in [4.69, 9.17) is 10.00 Å². The lowest BCUT2D eigenvalue weighted by Crippen LogP contribution is -2.34. The van der Waals surface area contributed by atoms with E-state index in [1.165, 1.54) is 5.56 Å². The van der Waals surface area contributed by atoms with Crippen LogP contribution in [0.5, 0.6) is 0 Å². The fourth-order valence-corrected chi connectivity index (χ4v) is 2.75. The average molecular weight is 315 g/mol. The van der Waals surface area contributed by atoms with Crippen molar-refractivity contribution in [2.75, 3.05) is 39.4 Å². The molecule has 0 unspecified atom stereocenters. The molecule has 124 valence electrons. The van der Waals surface area contributed by atoms with Crippen LogP contribution in [0.1, 0.15) is 30.9 Å². The summed E-state index contributed by atoms with van der Waals surface area (Å²) >= 11 is 0. The molecular weight excluding hydrogens is 290 g/mol. The highest BCUT2D eigenvalue weighted by Gasteiger charge is 2.14.